The summed E-state index contributed by atoms with van der Waals surface area (Å²) in [5.41, 5.74) is 1.63. The van der Waals surface area contributed by atoms with Crippen LogP contribution in [0.15, 0.2) is 22.5 Å². The molecular formula is C18H22N2O3S2. The monoisotopic (exact) mass is 378 g/mol. The zero-order valence-corrected chi connectivity index (χ0v) is 16.0. The Kier molecular flexibility index (Phi) is 5.64. The Morgan fingerprint density at radius 1 is 1.28 bits per heavy atom. The van der Waals surface area contributed by atoms with Crippen molar-refractivity contribution in [2.75, 3.05) is 5.32 Å². The maximum Gasteiger partial charge on any atom is 0.307 e. The number of benzene rings is 1. The Bertz CT molecular complexity index is 788. The molecule has 1 aliphatic rings. The van der Waals surface area contributed by atoms with Crippen molar-refractivity contribution in [3.63, 3.8) is 0 Å². The van der Waals surface area contributed by atoms with Gasteiger partial charge < -0.3 is 10.4 Å². The largest absolute Gasteiger partial charge is 0.481 e. The normalized spacial score (nSPS) is 20.8. The molecule has 2 aromatic rings. The number of nitrogens with one attached hydrogen (secondary N) is 1. The molecule has 1 saturated carbocycles. The summed E-state index contributed by atoms with van der Waals surface area (Å²) in [6, 6.07) is 5.66. The Morgan fingerprint density at radius 3 is 2.68 bits per heavy atom. The van der Waals surface area contributed by atoms with Gasteiger partial charge in [0.15, 0.2) is 4.34 Å². The van der Waals surface area contributed by atoms with Gasteiger partial charge in [0.05, 0.1) is 22.1 Å². The van der Waals surface area contributed by atoms with Crippen LogP contribution in [0.25, 0.3) is 10.2 Å². The molecular weight excluding hydrogens is 356 g/mol. The predicted octanol–water partition coefficient (Wildman–Crippen LogP) is 4.63. The van der Waals surface area contributed by atoms with Gasteiger partial charge in [0, 0.05) is 10.9 Å². The molecule has 1 aliphatic carbocycles. The van der Waals surface area contributed by atoms with Gasteiger partial charge >= 0.3 is 5.97 Å². The summed E-state index contributed by atoms with van der Waals surface area (Å²) in [4.78, 5) is 28.6. The second kappa shape index (κ2) is 7.74. The molecule has 7 heteroatoms. The van der Waals surface area contributed by atoms with Gasteiger partial charge in [-0.1, -0.05) is 38.5 Å². The highest BCUT2D eigenvalue weighted by atomic mass is 32.2. The fraction of sp³-hybridized carbons (Fsp3) is 0.500. The lowest BCUT2D eigenvalue weighted by Gasteiger charge is -2.27. The fourth-order valence-corrected chi connectivity index (χ4v) is 5.54. The van der Waals surface area contributed by atoms with Crippen molar-refractivity contribution in [1.82, 2.24) is 4.98 Å². The topological polar surface area (TPSA) is 79.3 Å². The fourth-order valence-electron chi connectivity index (χ4n) is 3.21. The van der Waals surface area contributed by atoms with E-state index in [0.29, 0.717) is 23.8 Å². The molecule has 2 atom stereocenters. The molecule has 0 unspecified atom stereocenters. The Labute approximate surface area is 155 Å². The molecule has 134 valence electrons. The molecule has 25 heavy (non-hydrogen) atoms. The van der Waals surface area contributed by atoms with Gasteiger partial charge in [-0.15, -0.1) is 11.3 Å². The average molecular weight is 379 g/mol. The smallest absolute Gasteiger partial charge is 0.307 e. The van der Waals surface area contributed by atoms with Gasteiger partial charge in [0.2, 0.25) is 5.91 Å². The first-order valence-electron chi connectivity index (χ1n) is 8.55. The molecule has 0 saturated heterocycles. The molecule has 1 aromatic carbocycles. The standard InChI is InChI=1S/C18H22N2O3S2/c1-10(2)24-18-20-14-8-7-11(9-15(14)25-18)19-16(21)12-5-3-4-6-13(12)17(22)23/h7-10,12-13H,3-6H2,1-2H3,(H,19,21)(H,22,23)/t12-,13+/m1/s1. The van der Waals surface area contributed by atoms with Crippen LogP contribution in [0.2, 0.25) is 0 Å². The molecule has 1 heterocycles. The first kappa shape index (κ1) is 18.2. The lowest BCUT2D eigenvalue weighted by molar-refractivity contribution is -0.147. The van der Waals surface area contributed by atoms with Gasteiger partial charge in [0.25, 0.3) is 0 Å². The van der Waals surface area contributed by atoms with E-state index in [4.69, 9.17) is 0 Å². The van der Waals surface area contributed by atoms with E-state index in [1.807, 2.05) is 18.2 Å². The highest BCUT2D eigenvalue weighted by Crippen LogP contribution is 2.34. The van der Waals surface area contributed by atoms with Crippen LogP contribution < -0.4 is 5.32 Å². The van der Waals surface area contributed by atoms with E-state index in [1.165, 1.54) is 0 Å². The lowest BCUT2D eigenvalue weighted by Crippen LogP contribution is -2.36. The summed E-state index contributed by atoms with van der Waals surface area (Å²) in [6.45, 7) is 4.26. The van der Waals surface area contributed by atoms with Crippen molar-refractivity contribution in [3.05, 3.63) is 18.2 Å². The number of carboxylic acids is 1. The van der Waals surface area contributed by atoms with Crippen molar-refractivity contribution < 1.29 is 14.7 Å². The second-order valence-electron chi connectivity index (χ2n) is 6.65. The van der Waals surface area contributed by atoms with E-state index in [2.05, 4.69) is 24.1 Å². The predicted molar refractivity (Wildman–Crippen MR) is 102 cm³/mol. The van der Waals surface area contributed by atoms with Gasteiger partial charge in [-0.3, -0.25) is 9.59 Å². The zero-order chi connectivity index (χ0) is 18.0. The minimum absolute atomic E-state index is 0.187. The molecule has 3 rings (SSSR count). The van der Waals surface area contributed by atoms with Crippen molar-refractivity contribution in [2.45, 2.75) is 49.1 Å². The third-order valence-electron chi connectivity index (χ3n) is 4.39. The Morgan fingerprint density at radius 2 is 2.00 bits per heavy atom. The number of amides is 1. The Hall–Kier alpha value is -1.60. The Balaban J connectivity index is 1.75. The number of carbonyl (C=O) groups excluding carboxylic acids is 1. The summed E-state index contributed by atoms with van der Waals surface area (Å²) in [5.74, 6) is -2.08. The number of hydrogen-bond acceptors (Lipinski definition) is 5. The van der Waals surface area contributed by atoms with Crippen LogP contribution in [-0.4, -0.2) is 27.2 Å². The maximum absolute atomic E-state index is 12.6. The maximum atomic E-state index is 12.6. The summed E-state index contributed by atoms with van der Waals surface area (Å²) < 4.78 is 2.05. The number of hydrogen-bond donors (Lipinski definition) is 2. The van der Waals surface area contributed by atoms with Crippen LogP contribution in [-0.2, 0) is 9.59 Å². The summed E-state index contributed by atoms with van der Waals surface area (Å²) in [7, 11) is 0. The van der Waals surface area contributed by atoms with Crippen LogP contribution in [0, 0.1) is 11.8 Å². The van der Waals surface area contributed by atoms with E-state index in [1.54, 1.807) is 23.1 Å². The minimum Gasteiger partial charge on any atom is -0.481 e. The van der Waals surface area contributed by atoms with Crippen molar-refractivity contribution >= 4 is 50.9 Å². The molecule has 0 aliphatic heterocycles. The number of anilines is 1. The molecule has 1 aromatic heterocycles. The van der Waals surface area contributed by atoms with E-state index in [-0.39, 0.29) is 5.91 Å². The van der Waals surface area contributed by atoms with Gasteiger partial charge in [-0.25, -0.2) is 4.98 Å². The van der Waals surface area contributed by atoms with Gasteiger partial charge in [-0.2, -0.15) is 0 Å². The third-order valence-corrected chi connectivity index (χ3v) is 6.51. The third kappa shape index (κ3) is 4.33. The number of carboxylic acid groups (broad SMARTS) is 1. The highest BCUT2D eigenvalue weighted by molar-refractivity contribution is 8.01. The van der Waals surface area contributed by atoms with Crippen molar-refractivity contribution in [1.29, 1.82) is 0 Å². The number of aliphatic carboxylic acids is 1. The number of fused-ring (bicyclic) bond motifs is 1. The van der Waals surface area contributed by atoms with Crippen molar-refractivity contribution in [3.8, 4) is 0 Å². The minimum atomic E-state index is -0.867. The van der Waals surface area contributed by atoms with Gasteiger partial charge in [-0.05, 0) is 31.0 Å². The highest BCUT2D eigenvalue weighted by Gasteiger charge is 2.35. The van der Waals surface area contributed by atoms with Crippen LogP contribution in [0.3, 0.4) is 0 Å². The molecule has 0 radical (unpaired) electrons. The molecule has 2 N–H and O–H groups in total. The number of thiazole rings is 1. The lowest BCUT2D eigenvalue weighted by atomic mass is 9.78. The van der Waals surface area contributed by atoms with Crippen LogP contribution in [0.5, 0.6) is 0 Å². The van der Waals surface area contributed by atoms with Crippen LogP contribution in [0.4, 0.5) is 5.69 Å². The average Bonchev–Trinajstić information content (AvgIpc) is 2.95. The molecule has 1 fully saturated rings. The van der Waals surface area contributed by atoms with E-state index >= 15 is 0 Å². The molecule has 1 amide bonds. The van der Waals surface area contributed by atoms with Gasteiger partial charge in [0.1, 0.15) is 0 Å². The van der Waals surface area contributed by atoms with Crippen molar-refractivity contribution in [2.24, 2.45) is 11.8 Å². The number of aromatic nitrogens is 1. The molecule has 0 spiro atoms. The van der Waals surface area contributed by atoms with E-state index < -0.39 is 17.8 Å². The zero-order valence-electron chi connectivity index (χ0n) is 14.3. The first-order valence-corrected chi connectivity index (χ1v) is 10.2. The van der Waals surface area contributed by atoms with E-state index in [9.17, 15) is 14.7 Å². The quantitative estimate of drug-likeness (QED) is 0.742. The van der Waals surface area contributed by atoms with Crippen LogP contribution >= 0.6 is 23.1 Å². The van der Waals surface area contributed by atoms with Crippen LogP contribution in [0.1, 0.15) is 39.5 Å². The summed E-state index contributed by atoms with van der Waals surface area (Å²) in [5, 5.41) is 12.7. The SMILES string of the molecule is CC(C)Sc1nc2ccc(NC(=O)[C@@H]3CCCC[C@@H]3C(=O)O)cc2s1. The summed E-state index contributed by atoms with van der Waals surface area (Å²) >= 11 is 3.34. The molecule has 5 nitrogen and oxygen atoms in total. The number of carbonyl (C=O) groups is 2. The molecule has 0 bridgehead atoms. The second-order valence-corrected chi connectivity index (χ2v) is 9.51. The summed E-state index contributed by atoms with van der Waals surface area (Å²) in [6.07, 6.45) is 3.01. The van der Waals surface area contributed by atoms with E-state index in [0.717, 1.165) is 27.4 Å². The first-order chi connectivity index (χ1) is 11.9. The number of rotatable bonds is 5. The number of thioether (sulfide) groups is 1. The number of nitrogens with zero attached hydrogens (tertiary/aromatic N) is 1.